The minimum Gasteiger partial charge on any atom is -0.453 e. The Kier molecular flexibility index (Phi) is 4.20. The first kappa shape index (κ1) is 14.1. The van der Waals surface area contributed by atoms with E-state index in [4.69, 9.17) is 4.74 Å². The highest BCUT2D eigenvalue weighted by atomic mass is 79.9. The van der Waals surface area contributed by atoms with Crippen LogP contribution in [0.15, 0.2) is 70.7 Å². The molecule has 0 saturated carbocycles. The molecule has 21 heavy (non-hydrogen) atoms. The van der Waals surface area contributed by atoms with Crippen molar-refractivity contribution in [3.63, 3.8) is 0 Å². The zero-order chi connectivity index (χ0) is 14.7. The summed E-state index contributed by atoms with van der Waals surface area (Å²) in [5, 5.41) is 0. The molecule has 106 valence electrons. The second kappa shape index (κ2) is 6.27. The molecule has 0 bridgehead atoms. The predicted octanol–water partition coefficient (Wildman–Crippen LogP) is 4.05. The third kappa shape index (κ3) is 3.24. The second-order valence-electron chi connectivity index (χ2n) is 5.07. The number of rotatable bonds is 4. The Labute approximate surface area is 132 Å². The first-order valence-corrected chi connectivity index (χ1v) is 7.70. The summed E-state index contributed by atoms with van der Waals surface area (Å²) in [4.78, 5) is 12.1. The van der Waals surface area contributed by atoms with Gasteiger partial charge in [-0.25, -0.2) is 4.79 Å². The van der Waals surface area contributed by atoms with Crippen LogP contribution in [0.3, 0.4) is 0 Å². The van der Waals surface area contributed by atoms with Gasteiger partial charge in [-0.1, -0.05) is 76.6 Å². The highest BCUT2D eigenvalue weighted by molar-refractivity contribution is 9.11. The average Bonchev–Trinajstić information content (AvgIpc) is 2.77. The number of carbonyl (C=O) groups excluding carboxylic acids is 1. The highest BCUT2D eigenvalue weighted by Crippen LogP contribution is 2.32. The summed E-state index contributed by atoms with van der Waals surface area (Å²) >= 11 is 3.56. The van der Waals surface area contributed by atoms with Crippen LogP contribution in [0.2, 0.25) is 0 Å². The fourth-order valence-electron chi connectivity index (χ4n) is 2.46. The summed E-state index contributed by atoms with van der Waals surface area (Å²) in [5.41, 5.74) is 3.00. The van der Waals surface area contributed by atoms with Crippen LogP contribution in [-0.2, 0) is 22.4 Å². The van der Waals surface area contributed by atoms with Crippen LogP contribution >= 0.6 is 15.9 Å². The number of carbonyl (C=O) groups is 1. The Morgan fingerprint density at radius 1 is 0.905 bits per heavy atom. The Morgan fingerprint density at radius 3 is 2.10 bits per heavy atom. The SMILES string of the molecule is O=C1O[C@@H](Cc2ccccc2)C(Br)=C1Cc1ccccc1. The van der Waals surface area contributed by atoms with Crippen LogP contribution in [0.1, 0.15) is 11.1 Å². The zero-order valence-corrected chi connectivity index (χ0v) is 13.0. The molecule has 2 aromatic carbocycles. The van der Waals surface area contributed by atoms with E-state index in [-0.39, 0.29) is 12.1 Å². The van der Waals surface area contributed by atoms with E-state index in [1.807, 2.05) is 60.7 Å². The molecule has 0 saturated heterocycles. The molecule has 0 N–H and O–H groups in total. The molecule has 0 unspecified atom stereocenters. The number of ether oxygens (including phenoxy) is 1. The van der Waals surface area contributed by atoms with Crippen molar-refractivity contribution in [2.75, 3.05) is 0 Å². The van der Waals surface area contributed by atoms with Gasteiger partial charge in [-0.2, -0.15) is 0 Å². The van der Waals surface area contributed by atoms with Gasteiger partial charge in [0.15, 0.2) is 0 Å². The van der Waals surface area contributed by atoms with Gasteiger partial charge in [-0.15, -0.1) is 0 Å². The third-order valence-corrected chi connectivity index (χ3v) is 4.54. The van der Waals surface area contributed by atoms with Gasteiger partial charge in [0.2, 0.25) is 0 Å². The molecule has 0 amide bonds. The van der Waals surface area contributed by atoms with Gasteiger partial charge in [0, 0.05) is 17.3 Å². The topological polar surface area (TPSA) is 26.3 Å². The van der Waals surface area contributed by atoms with Gasteiger partial charge in [-0.05, 0) is 11.1 Å². The van der Waals surface area contributed by atoms with E-state index < -0.39 is 0 Å². The molecular weight excluding hydrogens is 328 g/mol. The normalized spacial score (nSPS) is 18.0. The van der Waals surface area contributed by atoms with Crippen LogP contribution < -0.4 is 0 Å². The predicted molar refractivity (Wildman–Crippen MR) is 86.1 cm³/mol. The summed E-state index contributed by atoms with van der Waals surface area (Å²) in [7, 11) is 0. The number of halogens is 1. The van der Waals surface area contributed by atoms with Crippen molar-refractivity contribution in [1.82, 2.24) is 0 Å². The van der Waals surface area contributed by atoms with Crippen LogP contribution in [0, 0.1) is 0 Å². The van der Waals surface area contributed by atoms with E-state index in [9.17, 15) is 4.79 Å². The summed E-state index contributed by atoms with van der Waals surface area (Å²) in [5.74, 6) is -0.216. The van der Waals surface area contributed by atoms with Crippen LogP contribution in [-0.4, -0.2) is 12.1 Å². The quantitative estimate of drug-likeness (QED) is 0.783. The lowest BCUT2D eigenvalue weighted by atomic mass is 10.0. The fraction of sp³-hybridized carbons (Fsp3) is 0.167. The van der Waals surface area contributed by atoms with Gasteiger partial charge >= 0.3 is 5.97 Å². The van der Waals surface area contributed by atoms with E-state index in [0.29, 0.717) is 12.8 Å². The van der Waals surface area contributed by atoms with Gasteiger partial charge in [0.1, 0.15) is 6.10 Å². The molecule has 2 nitrogen and oxygen atoms in total. The molecule has 3 heteroatoms. The summed E-state index contributed by atoms with van der Waals surface area (Å²) < 4.78 is 6.38. The number of hydrogen-bond acceptors (Lipinski definition) is 2. The van der Waals surface area contributed by atoms with E-state index in [1.165, 1.54) is 0 Å². The van der Waals surface area contributed by atoms with Crippen molar-refractivity contribution in [2.24, 2.45) is 0 Å². The molecular formula is C18H15BrO2. The molecule has 0 aliphatic carbocycles. The van der Waals surface area contributed by atoms with Crippen molar-refractivity contribution in [1.29, 1.82) is 0 Å². The summed E-state index contributed by atoms with van der Waals surface area (Å²) in [6.07, 6.45) is 1.09. The fourth-order valence-corrected chi connectivity index (χ4v) is 3.02. The van der Waals surface area contributed by atoms with Crippen molar-refractivity contribution in [3.8, 4) is 0 Å². The maximum Gasteiger partial charge on any atom is 0.335 e. The average molecular weight is 343 g/mol. The Hall–Kier alpha value is -1.87. The Balaban J connectivity index is 1.78. The summed E-state index contributed by atoms with van der Waals surface area (Å²) in [6.45, 7) is 0. The van der Waals surface area contributed by atoms with Gasteiger partial charge < -0.3 is 4.74 Å². The molecule has 1 heterocycles. The van der Waals surface area contributed by atoms with Crippen molar-refractivity contribution < 1.29 is 9.53 Å². The van der Waals surface area contributed by atoms with Gasteiger partial charge in [-0.3, -0.25) is 0 Å². The minimum absolute atomic E-state index is 0.210. The van der Waals surface area contributed by atoms with E-state index in [2.05, 4.69) is 15.9 Å². The first-order chi connectivity index (χ1) is 10.2. The lowest BCUT2D eigenvalue weighted by Gasteiger charge is -2.10. The number of esters is 1. The standard InChI is InChI=1S/C18H15BrO2/c19-17-15(11-13-7-3-1-4-8-13)18(20)21-16(17)12-14-9-5-2-6-10-14/h1-10,16H,11-12H2/t16-/m0/s1. The van der Waals surface area contributed by atoms with Crippen LogP contribution in [0.25, 0.3) is 0 Å². The lowest BCUT2D eigenvalue weighted by molar-refractivity contribution is -0.139. The lowest BCUT2D eigenvalue weighted by Crippen LogP contribution is -2.13. The van der Waals surface area contributed by atoms with E-state index in [1.54, 1.807) is 0 Å². The molecule has 3 rings (SSSR count). The molecule has 0 radical (unpaired) electrons. The smallest absolute Gasteiger partial charge is 0.335 e. The maximum absolute atomic E-state index is 12.1. The Bertz CT molecular complexity index is 662. The van der Waals surface area contributed by atoms with E-state index in [0.717, 1.165) is 21.2 Å². The monoisotopic (exact) mass is 342 g/mol. The van der Waals surface area contributed by atoms with E-state index >= 15 is 0 Å². The molecule has 0 fully saturated rings. The van der Waals surface area contributed by atoms with Crippen LogP contribution in [0.5, 0.6) is 0 Å². The molecule has 1 atom stereocenters. The second-order valence-corrected chi connectivity index (χ2v) is 5.93. The van der Waals surface area contributed by atoms with Gasteiger partial charge in [0.05, 0.1) is 5.57 Å². The molecule has 2 aromatic rings. The summed E-state index contributed by atoms with van der Waals surface area (Å²) in [6, 6.07) is 20.0. The number of cyclic esters (lactones) is 1. The largest absolute Gasteiger partial charge is 0.453 e. The number of benzene rings is 2. The Morgan fingerprint density at radius 2 is 1.48 bits per heavy atom. The molecule has 0 spiro atoms. The van der Waals surface area contributed by atoms with Gasteiger partial charge in [0.25, 0.3) is 0 Å². The maximum atomic E-state index is 12.1. The van der Waals surface area contributed by atoms with Crippen LogP contribution in [0.4, 0.5) is 0 Å². The zero-order valence-electron chi connectivity index (χ0n) is 11.5. The van der Waals surface area contributed by atoms with Crippen molar-refractivity contribution in [2.45, 2.75) is 18.9 Å². The van der Waals surface area contributed by atoms with Crippen molar-refractivity contribution >= 4 is 21.9 Å². The number of hydrogen-bond donors (Lipinski definition) is 0. The molecule has 0 aromatic heterocycles. The minimum atomic E-state index is -0.216. The third-order valence-electron chi connectivity index (χ3n) is 3.55. The first-order valence-electron chi connectivity index (χ1n) is 6.91. The van der Waals surface area contributed by atoms with Crippen molar-refractivity contribution in [3.05, 3.63) is 81.8 Å². The highest BCUT2D eigenvalue weighted by Gasteiger charge is 2.32. The molecule has 1 aliphatic rings. The molecule has 1 aliphatic heterocycles.